The molecule has 3 amide bonds. The second-order valence-corrected chi connectivity index (χ2v) is 4.74. The molecule has 0 saturated carbocycles. The van der Waals surface area contributed by atoms with Crippen molar-refractivity contribution >= 4 is 29.1 Å². The summed E-state index contributed by atoms with van der Waals surface area (Å²) in [6, 6.07) is 3.79. The number of benzene rings is 1. The summed E-state index contributed by atoms with van der Waals surface area (Å²) in [6.07, 6.45) is 0. The standard InChI is InChI=1S/C13H15FN4O3/c1-17-4-5-18(13(21)12(17)20)7-11(19)16-10-6-8(15)2-3-9(10)14/h2-3,6H,4-5,7,15H2,1H3,(H,16,19). The van der Waals surface area contributed by atoms with E-state index >= 15 is 0 Å². The molecule has 1 fully saturated rings. The van der Waals surface area contributed by atoms with Crippen molar-refractivity contribution in [1.82, 2.24) is 9.80 Å². The minimum absolute atomic E-state index is 0.0621. The quantitative estimate of drug-likeness (QED) is 0.588. The second-order valence-electron chi connectivity index (χ2n) is 4.74. The van der Waals surface area contributed by atoms with E-state index < -0.39 is 23.5 Å². The number of nitrogens with one attached hydrogen (secondary N) is 1. The van der Waals surface area contributed by atoms with Gasteiger partial charge in [0.1, 0.15) is 12.4 Å². The Morgan fingerprint density at radius 3 is 2.76 bits per heavy atom. The zero-order valence-corrected chi connectivity index (χ0v) is 11.4. The minimum atomic E-state index is -0.744. The number of rotatable bonds is 3. The van der Waals surface area contributed by atoms with E-state index in [1.165, 1.54) is 24.1 Å². The van der Waals surface area contributed by atoms with Gasteiger partial charge in [-0.3, -0.25) is 14.4 Å². The van der Waals surface area contributed by atoms with E-state index in [2.05, 4.69) is 5.32 Å². The van der Waals surface area contributed by atoms with Gasteiger partial charge in [-0.2, -0.15) is 0 Å². The summed E-state index contributed by atoms with van der Waals surface area (Å²) >= 11 is 0. The molecule has 1 aromatic carbocycles. The van der Waals surface area contributed by atoms with E-state index in [0.29, 0.717) is 12.2 Å². The molecular formula is C13H15FN4O3. The van der Waals surface area contributed by atoms with Gasteiger partial charge in [0.25, 0.3) is 0 Å². The number of piperazine rings is 1. The third-order valence-electron chi connectivity index (χ3n) is 3.12. The fourth-order valence-electron chi connectivity index (χ4n) is 1.92. The highest BCUT2D eigenvalue weighted by Gasteiger charge is 2.31. The van der Waals surface area contributed by atoms with Crippen LogP contribution in [-0.2, 0) is 14.4 Å². The number of likely N-dealkylation sites (N-methyl/N-ethyl adjacent to an activating group) is 1. The Morgan fingerprint density at radius 2 is 2.05 bits per heavy atom. The van der Waals surface area contributed by atoms with Crippen molar-refractivity contribution in [2.45, 2.75) is 0 Å². The van der Waals surface area contributed by atoms with Crippen LogP contribution in [0.15, 0.2) is 18.2 Å². The third kappa shape index (κ3) is 3.28. The number of carbonyl (C=O) groups excluding carboxylic acids is 3. The predicted molar refractivity (Wildman–Crippen MR) is 73.7 cm³/mol. The molecule has 0 aliphatic carbocycles. The van der Waals surface area contributed by atoms with Gasteiger partial charge < -0.3 is 20.9 Å². The Morgan fingerprint density at radius 1 is 1.33 bits per heavy atom. The van der Waals surface area contributed by atoms with Crippen LogP contribution in [0.4, 0.5) is 15.8 Å². The molecule has 0 radical (unpaired) electrons. The first-order valence-corrected chi connectivity index (χ1v) is 6.27. The number of amides is 3. The molecule has 21 heavy (non-hydrogen) atoms. The van der Waals surface area contributed by atoms with E-state index in [0.717, 1.165) is 11.0 Å². The Bertz CT molecular complexity index is 605. The van der Waals surface area contributed by atoms with E-state index in [9.17, 15) is 18.8 Å². The fourth-order valence-corrected chi connectivity index (χ4v) is 1.92. The highest BCUT2D eigenvalue weighted by Crippen LogP contribution is 2.17. The van der Waals surface area contributed by atoms with Crippen molar-refractivity contribution in [2.24, 2.45) is 0 Å². The molecule has 1 heterocycles. The smallest absolute Gasteiger partial charge is 0.312 e. The number of nitrogens with zero attached hydrogens (tertiary/aromatic N) is 2. The van der Waals surface area contributed by atoms with E-state index in [1.54, 1.807) is 0 Å². The van der Waals surface area contributed by atoms with Crippen molar-refractivity contribution < 1.29 is 18.8 Å². The van der Waals surface area contributed by atoms with Crippen LogP contribution in [-0.4, -0.2) is 54.2 Å². The molecule has 0 bridgehead atoms. The van der Waals surface area contributed by atoms with Crippen LogP contribution < -0.4 is 11.1 Å². The lowest BCUT2D eigenvalue weighted by Gasteiger charge is -2.30. The lowest BCUT2D eigenvalue weighted by atomic mass is 10.2. The molecule has 1 aliphatic heterocycles. The average Bonchev–Trinajstić information content (AvgIpc) is 2.43. The first kappa shape index (κ1) is 14.8. The van der Waals surface area contributed by atoms with Gasteiger partial charge in [-0.1, -0.05) is 0 Å². The summed E-state index contributed by atoms with van der Waals surface area (Å²) in [4.78, 5) is 37.5. The summed E-state index contributed by atoms with van der Waals surface area (Å²) in [5.41, 5.74) is 5.75. The molecule has 0 aromatic heterocycles. The van der Waals surface area contributed by atoms with E-state index in [-0.39, 0.29) is 18.8 Å². The van der Waals surface area contributed by atoms with Crippen LogP contribution in [0.2, 0.25) is 0 Å². The van der Waals surface area contributed by atoms with Crippen LogP contribution in [0.3, 0.4) is 0 Å². The molecule has 1 aromatic rings. The number of hydrogen-bond acceptors (Lipinski definition) is 4. The number of hydrogen-bond donors (Lipinski definition) is 2. The van der Waals surface area contributed by atoms with Crippen molar-refractivity contribution in [3.63, 3.8) is 0 Å². The van der Waals surface area contributed by atoms with Gasteiger partial charge >= 0.3 is 11.8 Å². The summed E-state index contributed by atoms with van der Waals surface area (Å²) < 4.78 is 13.5. The number of anilines is 2. The number of nitrogen functional groups attached to an aromatic ring is 1. The normalized spacial score (nSPS) is 15.3. The molecule has 8 heteroatoms. The Kier molecular flexibility index (Phi) is 4.06. The lowest BCUT2D eigenvalue weighted by Crippen LogP contribution is -2.54. The van der Waals surface area contributed by atoms with Gasteiger partial charge in [0.05, 0.1) is 5.69 Å². The molecule has 7 nitrogen and oxygen atoms in total. The highest BCUT2D eigenvalue weighted by molar-refractivity contribution is 6.35. The molecule has 0 unspecified atom stereocenters. The SMILES string of the molecule is CN1CCN(CC(=O)Nc2cc(N)ccc2F)C(=O)C1=O. The molecule has 112 valence electrons. The van der Waals surface area contributed by atoms with Gasteiger partial charge in [0.2, 0.25) is 5.91 Å². The van der Waals surface area contributed by atoms with Crippen molar-refractivity contribution in [2.75, 3.05) is 37.7 Å². The van der Waals surface area contributed by atoms with E-state index in [1.807, 2.05) is 0 Å². The zero-order chi connectivity index (χ0) is 15.6. The predicted octanol–water partition coefficient (Wildman–Crippen LogP) is -0.353. The van der Waals surface area contributed by atoms with Crippen LogP contribution >= 0.6 is 0 Å². The molecule has 2 rings (SSSR count). The zero-order valence-electron chi connectivity index (χ0n) is 11.4. The summed E-state index contributed by atoms with van der Waals surface area (Å²) in [6.45, 7) is 0.297. The number of halogens is 1. The van der Waals surface area contributed by atoms with Crippen LogP contribution in [0, 0.1) is 5.82 Å². The monoisotopic (exact) mass is 294 g/mol. The van der Waals surface area contributed by atoms with Crippen molar-refractivity contribution in [3.05, 3.63) is 24.0 Å². The first-order valence-electron chi connectivity index (χ1n) is 6.27. The number of carbonyl (C=O) groups is 3. The largest absolute Gasteiger partial charge is 0.399 e. The highest BCUT2D eigenvalue weighted by atomic mass is 19.1. The molecule has 3 N–H and O–H groups in total. The van der Waals surface area contributed by atoms with Gasteiger partial charge in [-0.15, -0.1) is 0 Å². The Labute approximate surface area is 120 Å². The second kappa shape index (κ2) is 5.78. The van der Waals surface area contributed by atoms with Crippen LogP contribution in [0.5, 0.6) is 0 Å². The molecule has 0 atom stereocenters. The first-order chi connectivity index (χ1) is 9.88. The maximum atomic E-state index is 13.5. The Hall–Kier alpha value is -2.64. The van der Waals surface area contributed by atoms with Crippen molar-refractivity contribution in [1.29, 1.82) is 0 Å². The van der Waals surface area contributed by atoms with Gasteiger partial charge in [0, 0.05) is 25.8 Å². The summed E-state index contributed by atoms with van der Waals surface area (Å²) in [7, 11) is 1.51. The van der Waals surface area contributed by atoms with E-state index in [4.69, 9.17) is 5.73 Å². The lowest BCUT2D eigenvalue weighted by molar-refractivity contribution is -0.155. The van der Waals surface area contributed by atoms with Gasteiger partial charge in [-0.05, 0) is 18.2 Å². The third-order valence-corrected chi connectivity index (χ3v) is 3.12. The number of nitrogens with two attached hydrogens (primary N) is 1. The maximum Gasteiger partial charge on any atom is 0.312 e. The topological polar surface area (TPSA) is 95.7 Å². The molecule has 1 saturated heterocycles. The summed E-state index contributed by atoms with van der Waals surface area (Å²) in [5.74, 6) is -2.63. The van der Waals surface area contributed by atoms with Gasteiger partial charge in [0.15, 0.2) is 0 Å². The fraction of sp³-hybridized carbons (Fsp3) is 0.308. The summed E-state index contributed by atoms with van der Waals surface area (Å²) in [5, 5.41) is 2.33. The van der Waals surface area contributed by atoms with Gasteiger partial charge in [-0.25, -0.2) is 4.39 Å². The maximum absolute atomic E-state index is 13.5. The van der Waals surface area contributed by atoms with Crippen LogP contribution in [0.1, 0.15) is 0 Å². The molecule has 1 aliphatic rings. The minimum Gasteiger partial charge on any atom is -0.399 e. The molecule has 0 spiro atoms. The Balaban J connectivity index is 2.00. The van der Waals surface area contributed by atoms with Crippen molar-refractivity contribution in [3.8, 4) is 0 Å². The average molecular weight is 294 g/mol. The molecular weight excluding hydrogens is 279 g/mol. The van der Waals surface area contributed by atoms with Crippen LogP contribution in [0.25, 0.3) is 0 Å².